The fraction of sp³-hybridized carbons (Fsp3) is 0.167. The van der Waals surface area contributed by atoms with Gasteiger partial charge in [-0.3, -0.25) is 0 Å². The summed E-state index contributed by atoms with van der Waals surface area (Å²) in [7, 11) is 0. The Bertz CT molecular complexity index is 306. The van der Waals surface area contributed by atoms with Crippen LogP contribution in [-0.4, -0.2) is 4.98 Å². The molecule has 0 amide bonds. The van der Waals surface area contributed by atoms with Gasteiger partial charge in [0.2, 0.25) is 0 Å². The van der Waals surface area contributed by atoms with Crippen molar-refractivity contribution < 1.29 is 8.78 Å². The summed E-state index contributed by atoms with van der Waals surface area (Å²) in [6.45, 7) is 0. The van der Waals surface area contributed by atoms with Gasteiger partial charge in [0, 0.05) is 5.56 Å². The third kappa shape index (κ3) is 2.47. The highest BCUT2D eigenvalue weighted by Gasteiger charge is 2.15. The highest BCUT2D eigenvalue weighted by Crippen LogP contribution is 2.30. The Kier molecular flexibility index (Phi) is 4.09. The van der Waals surface area contributed by atoms with E-state index in [1.165, 1.54) is 6.07 Å². The average molecular weight is 460 g/mol. The molecule has 0 N–H and O–H groups in total. The zero-order chi connectivity index (χ0) is 9.30. The van der Waals surface area contributed by atoms with E-state index in [0.29, 0.717) is 11.9 Å². The number of nitrogens with zero attached hydrogens (tertiary/aromatic N) is 1. The maximum absolute atomic E-state index is 12.3. The molecule has 6 heteroatoms. The van der Waals surface area contributed by atoms with Crippen LogP contribution in [0.5, 0.6) is 0 Å². The molecule has 0 saturated heterocycles. The Labute approximate surface area is 104 Å². The Hall–Kier alpha value is 0.950. The summed E-state index contributed by atoms with van der Waals surface area (Å²) in [5, 5.41) is 0. The molecule has 0 fully saturated rings. The summed E-state index contributed by atoms with van der Waals surface area (Å²) in [5.74, 6) is 0. The number of hydrogen-bond donors (Lipinski definition) is 0. The van der Waals surface area contributed by atoms with E-state index in [9.17, 15) is 8.78 Å². The van der Waals surface area contributed by atoms with Crippen LogP contribution in [0.25, 0.3) is 0 Å². The van der Waals surface area contributed by atoms with Crippen molar-refractivity contribution >= 4 is 61.1 Å². The molecule has 0 saturated carbocycles. The van der Waals surface area contributed by atoms with Gasteiger partial charge < -0.3 is 0 Å². The maximum Gasteiger partial charge on any atom is 0.265 e. The Morgan fingerprint density at radius 3 is 2.50 bits per heavy atom. The number of pyridine rings is 1. The summed E-state index contributed by atoms with van der Waals surface area (Å²) in [5.41, 5.74) is -0.00111. The van der Waals surface area contributed by atoms with Crippen LogP contribution in [0.2, 0.25) is 0 Å². The highest BCUT2D eigenvalue weighted by atomic mass is 127. The molecule has 1 rings (SSSR count). The van der Waals surface area contributed by atoms with Gasteiger partial charge in [-0.05, 0) is 67.2 Å². The minimum Gasteiger partial charge on any atom is -0.235 e. The van der Waals surface area contributed by atoms with E-state index in [4.69, 9.17) is 0 Å². The van der Waals surface area contributed by atoms with Crippen LogP contribution in [0, 0.1) is 7.40 Å². The van der Waals surface area contributed by atoms with Gasteiger partial charge in [0.25, 0.3) is 6.43 Å². The number of aromatic nitrogens is 1. The molecule has 0 atom stereocenters. The second kappa shape index (κ2) is 4.45. The summed E-state index contributed by atoms with van der Waals surface area (Å²) < 4.78 is 26.2. The maximum atomic E-state index is 12.3. The lowest BCUT2D eigenvalue weighted by atomic mass is 10.3. The van der Waals surface area contributed by atoms with Gasteiger partial charge in [0.15, 0.2) is 0 Å². The van der Waals surface area contributed by atoms with Gasteiger partial charge in [0.05, 0.1) is 4.47 Å². The second-order valence-electron chi connectivity index (χ2n) is 1.94. The van der Waals surface area contributed by atoms with Crippen molar-refractivity contribution in [3.8, 4) is 0 Å². The Morgan fingerprint density at radius 2 is 2.00 bits per heavy atom. The van der Waals surface area contributed by atoms with Crippen molar-refractivity contribution in [2.45, 2.75) is 6.43 Å². The normalized spacial score (nSPS) is 10.8. The predicted molar refractivity (Wildman–Crippen MR) is 62.3 cm³/mol. The van der Waals surface area contributed by atoms with Gasteiger partial charge in [0.1, 0.15) is 7.40 Å². The van der Waals surface area contributed by atoms with E-state index in [0.717, 1.165) is 0 Å². The summed E-state index contributed by atoms with van der Waals surface area (Å²) in [6, 6.07) is 1.37. The quantitative estimate of drug-likeness (QED) is 0.457. The molecule has 1 nitrogen and oxygen atoms in total. The molecule has 1 heterocycles. The second-order valence-corrected chi connectivity index (χ2v) is 4.86. The van der Waals surface area contributed by atoms with Gasteiger partial charge in [-0.15, -0.1) is 0 Å². The van der Waals surface area contributed by atoms with Crippen LogP contribution in [0.1, 0.15) is 12.0 Å². The molecule has 0 aliphatic rings. The lowest BCUT2D eigenvalue weighted by molar-refractivity contribution is 0.150. The van der Waals surface area contributed by atoms with Crippen LogP contribution in [0.4, 0.5) is 8.78 Å². The van der Waals surface area contributed by atoms with Crippen molar-refractivity contribution in [1.29, 1.82) is 0 Å². The molecule has 0 aliphatic heterocycles. The van der Waals surface area contributed by atoms with E-state index in [1.807, 2.05) is 45.2 Å². The smallest absolute Gasteiger partial charge is 0.235 e. The van der Waals surface area contributed by atoms with Gasteiger partial charge in [-0.2, -0.15) is 0 Å². The van der Waals surface area contributed by atoms with Crippen molar-refractivity contribution in [3.05, 3.63) is 23.5 Å². The largest absolute Gasteiger partial charge is 0.265 e. The van der Waals surface area contributed by atoms with Crippen LogP contribution >= 0.6 is 61.1 Å². The van der Waals surface area contributed by atoms with Crippen molar-refractivity contribution in [1.82, 2.24) is 4.98 Å². The molecular weight excluding hydrogens is 458 g/mol. The molecule has 66 valence electrons. The lowest BCUT2D eigenvalue weighted by Crippen LogP contribution is -1.94. The SMILES string of the molecule is FC(F)c1cc(I)nc(I)c1Br. The van der Waals surface area contributed by atoms with E-state index in [-0.39, 0.29) is 5.56 Å². The topological polar surface area (TPSA) is 12.9 Å². The van der Waals surface area contributed by atoms with E-state index >= 15 is 0 Å². The van der Waals surface area contributed by atoms with Crippen LogP contribution in [0.15, 0.2) is 10.5 Å². The number of halogens is 5. The number of rotatable bonds is 1. The van der Waals surface area contributed by atoms with Crippen LogP contribution < -0.4 is 0 Å². The van der Waals surface area contributed by atoms with E-state index in [1.54, 1.807) is 0 Å². The number of alkyl halides is 2. The summed E-state index contributed by atoms with van der Waals surface area (Å²) in [6.07, 6.45) is -2.45. The summed E-state index contributed by atoms with van der Waals surface area (Å²) in [4.78, 5) is 4.01. The summed E-state index contributed by atoms with van der Waals surface area (Å²) >= 11 is 6.89. The molecule has 0 aliphatic carbocycles. The van der Waals surface area contributed by atoms with E-state index in [2.05, 4.69) is 20.9 Å². The van der Waals surface area contributed by atoms with Crippen LogP contribution in [0.3, 0.4) is 0 Å². The fourth-order valence-corrected chi connectivity index (χ4v) is 2.63. The highest BCUT2D eigenvalue weighted by molar-refractivity contribution is 14.1. The lowest BCUT2D eigenvalue weighted by Gasteiger charge is -2.04. The van der Waals surface area contributed by atoms with E-state index < -0.39 is 6.43 Å². The molecule has 0 unspecified atom stereocenters. The first-order valence-electron chi connectivity index (χ1n) is 2.82. The molecule has 0 spiro atoms. The first-order valence-corrected chi connectivity index (χ1v) is 5.77. The first kappa shape index (κ1) is 11.0. The zero-order valence-electron chi connectivity index (χ0n) is 5.49. The first-order chi connectivity index (χ1) is 5.52. The predicted octanol–water partition coefficient (Wildman–Crippen LogP) is 3.99. The Balaban J connectivity index is 3.28. The molecule has 1 aromatic rings. The standard InChI is InChI=1S/C6H2BrF2I2N/c7-4-2(5(8)9)1-3(10)12-6(4)11/h1,5H. The molecule has 0 bridgehead atoms. The van der Waals surface area contributed by atoms with Gasteiger partial charge in [-0.1, -0.05) is 0 Å². The van der Waals surface area contributed by atoms with Crippen molar-refractivity contribution in [2.24, 2.45) is 0 Å². The third-order valence-corrected chi connectivity index (χ3v) is 4.06. The molecule has 0 aromatic carbocycles. The molecule has 12 heavy (non-hydrogen) atoms. The third-order valence-electron chi connectivity index (χ3n) is 1.15. The van der Waals surface area contributed by atoms with Crippen molar-refractivity contribution in [2.75, 3.05) is 0 Å². The van der Waals surface area contributed by atoms with Crippen LogP contribution in [-0.2, 0) is 0 Å². The monoisotopic (exact) mass is 459 g/mol. The zero-order valence-corrected chi connectivity index (χ0v) is 11.4. The molecular formula is C6H2BrF2I2N. The Morgan fingerprint density at radius 1 is 1.42 bits per heavy atom. The molecule has 1 aromatic heterocycles. The minimum absolute atomic E-state index is 0.00111. The van der Waals surface area contributed by atoms with Gasteiger partial charge in [-0.25, -0.2) is 13.8 Å². The fourth-order valence-electron chi connectivity index (χ4n) is 0.645. The minimum atomic E-state index is -2.45. The van der Waals surface area contributed by atoms with Crippen molar-refractivity contribution in [3.63, 3.8) is 0 Å². The van der Waals surface area contributed by atoms with Gasteiger partial charge >= 0.3 is 0 Å². The number of hydrogen-bond acceptors (Lipinski definition) is 1. The average Bonchev–Trinajstić information content (AvgIpc) is 1.96. The molecule has 0 radical (unpaired) electrons.